The maximum absolute atomic E-state index is 14.3. The molecule has 5 fully saturated rings. The van der Waals surface area contributed by atoms with Gasteiger partial charge in [0.15, 0.2) is 11.5 Å². The molecule has 2 unspecified atom stereocenters. The zero-order chi connectivity index (χ0) is 40.5. The number of amides is 4. The second kappa shape index (κ2) is 16.7. The summed E-state index contributed by atoms with van der Waals surface area (Å²) in [5.41, 5.74) is 0.641. The van der Waals surface area contributed by atoms with Crippen LogP contribution in [0.1, 0.15) is 47.2 Å². The lowest BCUT2D eigenvalue weighted by molar-refractivity contribution is -0.190. The Bertz CT molecular complexity index is 1980. The highest BCUT2D eigenvalue weighted by molar-refractivity contribution is 6.42. The van der Waals surface area contributed by atoms with Gasteiger partial charge >= 0.3 is 12.0 Å². The standard InChI is InChI=1S/C40H47Cl2N7O8/c1-55-31-22-26(23-32(56-2)33(31)57-3)35(50)47-17-9-39(25-47,28-4-5-29(41)30(42)24-28)8-14-45-15-10-40(11-16-45,27-6-12-43-13-7-27)37(53)44-38(54)49-34(36(51)52)46-18-20-48(49)21-19-46/h4-7,12-13,22-24,34H,8-11,14-21,25H2,1-3H3,(H,51,52)(H,44,53,54). The van der Waals surface area contributed by atoms with Crippen LogP contribution in [-0.4, -0.2) is 145 Å². The van der Waals surface area contributed by atoms with Gasteiger partial charge in [-0.3, -0.25) is 24.8 Å². The molecule has 8 rings (SSSR count). The van der Waals surface area contributed by atoms with Crippen LogP contribution >= 0.6 is 23.2 Å². The highest BCUT2D eigenvalue weighted by atomic mass is 35.5. The van der Waals surface area contributed by atoms with Crippen molar-refractivity contribution in [3.8, 4) is 17.2 Å². The number of nitrogens with one attached hydrogen (secondary N) is 1. The first-order valence-corrected chi connectivity index (χ1v) is 19.7. The topological polar surface area (TPSA) is 157 Å². The fourth-order valence-corrected chi connectivity index (χ4v) is 9.24. The highest BCUT2D eigenvalue weighted by Crippen LogP contribution is 2.43. The number of piperidine rings is 1. The number of nitrogens with zero attached hydrogens (tertiary/aromatic N) is 6. The Labute approximate surface area is 341 Å². The van der Waals surface area contributed by atoms with Gasteiger partial charge in [0.1, 0.15) is 0 Å². The Morgan fingerprint density at radius 1 is 0.825 bits per heavy atom. The number of aliphatic carboxylic acids is 1. The summed E-state index contributed by atoms with van der Waals surface area (Å²) < 4.78 is 16.5. The molecule has 2 aromatic carbocycles. The number of rotatable bonds is 11. The minimum atomic E-state index is -1.18. The molecule has 2 bridgehead atoms. The van der Waals surface area contributed by atoms with Gasteiger partial charge in [-0.25, -0.2) is 19.6 Å². The van der Waals surface area contributed by atoms with Crippen LogP contribution in [0, 0.1) is 0 Å². The molecule has 5 aliphatic rings. The Balaban J connectivity index is 1.08. The van der Waals surface area contributed by atoms with E-state index in [1.165, 1.54) is 26.3 Å². The van der Waals surface area contributed by atoms with E-state index in [2.05, 4.69) is 15.2 Å². The number of carbonyl (C=O) groups is 4. The van der Waals surface area contributed by atoms with E-state index in [9.17, 15) is 24.3 Å². The molecule has 1 aromatic heterocycles. The van der Waals surface area contributed by atoms with E-state index in [-0.39, 0.29) is 5.91 Å². The second-order valence-electron chi connectivity index (χ2n) is 15.0. The monoisotopic (exact) mass is 823 g/mol. The number of piperazine rings is 1. The fraction of sp³-hybridized carbons (Fsp3) is 0.475. The third kappa shape index (κ3) is 7.70. The predicted octanol–water partition coefficient (Wildman–Crippen LogP) is 4.12. The molecule has 15 nitrogen and oxygen atoms in total. The quantitative estimate of drug-likeness (QED) is 0.286. The number of carbonyl (C=O) groups excluding carboxylic acids is 3. The van der Waals surface area contributed by atoms with Gasteiger partial charge < -0.3 is 29.1 Å². The number of halogens is 2. The van der Waals surface area contributed by atoms with Crippen molar-refractivity contribution in [3.05, 3.63) is 81.6 Å². The van der Waals surface area contributed by atoms with E-state index in [1.54, 1.807) is 52.6 Å². The first kappa shape index (κ1) is 40.5. The van der Waals surface area contributed by atoms with Gasteiger partial charge in [-0.1, -0.05) is 29.3 Å². The summed E-state index contributed by atoms with van der Waals surface area (Å²) in [4.78, 5) is 64.3. The van der Waals surface area contributed by atoms with Crippen molar-refractivity contribution in [2.45, 2.75) is 42.7 Å². The van der Waals surface area contributed by atoms with Crippen LogP contribution < -0.4 is 19.5 Å². The van der Waals surface area contributed by atoms with Crippen LogP contribution in [-0.2, 0) is 20.4 Å². The largest absolute Gasteiger partial charge is 0.493 e. The van der Waals surface area contributed by atoms with Crippen molar-refractivity contribution in [2.75, 3.05) is 80.2 Å². The third-order valence-electron chi connectivity index (χ3n) is 12.2. The molecular formula is C40H47Cl2N7O8. The zero-order valence-corrected chi connectivity index (χ0v) is 33.7. The number of urea groups is 1. The molecule has 5 aliphatic heterocycles. The average molecular weight is 825 g/mol. The minimum Gasteiger partial charge on any atom is -0.493 e. The molecule has 0 radical (unpaired) electrons. The van der Waals surface area contributed by atoms with E-state index in [0.29, 0.717) is 117 Å². The lowest BCUT2D eigenvalue weighted by Gasteiger charge is -2.52. The number of ether oxygens (including phenoxy) is 3. The summed E-state index contributed by atoms with van der Waals surface area (Å²) in [5.74, 6) is -0.603. The summed E-state index contributed by atoms with van der Waals surface area (Å²) >= 11 is 12.9. The first-order valence-electron chi connectivity index (χ1n) is 19.0. The van der Waals surface area contributed by atoms with Gasteiger partial charge in [-0.15, -0.1) is 0 Å². The van der Waals surface area contributed by atoms with Gasteiger partial charge in [0.2, 0.25) is 17.8 Å². The van der Waals surface area contributed by atoms with Gasteiger partial charge in [-0.2, -0.15) is 0 Å². The van der Waals surface area contributed by atoms with Crippen LogP contribution in [0.4, 0.5) is 4.79 Å². The van der Waals surface area contributed by atoms with Crippen LogP contribution in [0.2, 0.25) is 10.0 Å². The Hall–Kier alpha value is -4.67. The van der Waals surface area contributed by atoms with Crippen molar-refractivity contribution in [2.24, 2.45) is 0 Å². The number of fused-ring (bicyclic) bond motifs is 3. The van der Waals surface area contributed by atoms with Gasteiger partial charge in [0.05, 0.1) is 36.8 Å². The zero-order valence-electron chi connectivity index (χ0n) is 32.2. The Morgan fingerprint density at radius 2 is 1.49 bits per heavy atom. The van der Waals surface area contributed by atoms with Crippen LogP contribution in [0.5, 0.6) is 17.2 Å². The minimum absolute atomic E-state index is 0.169. The number of hydrazine groups is 1. The fourth-order valence-electron chi connectivity index (χ4n) is 8.95. The third-order valence-corrected chi connectivity index (χ3v) is 12.9. The molecule has 4 amide bonds. The van der Waals surface area contributed by atoms with Crippen LogP contribution in [0.25, 0.3) is 0 Å². The molecule has 5 saturated heterocycles. The molecule has 2 atom stereocenters. The summed E-state index contributed by atoms with van der Waals surface area (Å²) in [7, 11) is 4.53. The SMILES string of the molecule is COc1cc(C(=O)N2CCC(CCN3CCC(C(=O)NC(=O)N4C(C(=O)O)N5CCN4CC5)(c4ccncc4)CC3)(c3ccc(Cl)c(Cl)c3)C2)cc(OC)c1OC. The van der Waals surface area contributed by atoms with E-state index >= 15 is 0 Å². The Kier molecular flexibility index (Phi) is 11.8. The van der Waals surface area contributed by atoms with E-state index < -0.39 is 34.9 Å². The first-order chi connectivity index (χ1) is 27.4. The number of hydrogen-bond acceptors (Lipinski definition) is 11. The predicted molar refractivity (Wildman–Crippen MR) is 211 cm³/mol. The molecule has 0 spiro atoms. The maximum atomic E-state index is 14.3. The van der Waals surface area contributed by atoms with Crippen molar-refractivity contribution < 1.29 is 38.5 Å². The molecule has 304 valence electrons. The lowest BCUT2D eigenvalue weighted by atomic mass is 9.71. The van der Waals surface area contributed by atoms with Crippen LogP contribution in [0.15, 0.2) is 54.9 Å². The summed E-state index contributed by atoms with van der Waals surface area (Å²) in [6.45, 7) is 4.75. The number of likely N-dealkylation sites (tertiary alicyclic amines) is 2. The molecule has 2 N–H and O–H groups in total. The molecule has 0 aliphatic carbocycles. The molecule has 0 saturated carbocycles. The van der Waals surface area contributed by atoms with Crippen molar-refractivity contribution in [1.82, 2.24) is 35.0 Å². The van der Waals surface area contributed by atoms with E-state index in [0.717, 1.165) is 11.1 Å². The van der Waals surface area contributed by atoms with E-state index in [1.807, 2.05) is 17.0 Å². The molecule has 3 aromatic rings. The molecule has 17 heteroatoms. The van der Waals surface area contributed by atoms with Gasteiger partial charge in [-0.05, 0) is 92.8 Å². The number of imide groups is 1. The maximum Gasteiger partial charge on any atom is 0.343 e. The normalized spacial score (nSPS) is 24.2. The van der Waals surface area contributed by atoms with E-state index in [4.69, 9.17) is 37.4 Å². The number of pyridine rings is 1. The van der Waals surface area contributed by atoms with Gasteiger partial charge in [0.25, 0.3) is 5.91 Å². The van der Waals surface area contributed by atoms with Crippen molar-refractivity contribution >= 4 is 47.0 Å². The summed E-state index contributed by atoms with van der Waals surface area (Å²) in [6, 6.07) is 11.8. The highest BCUT2D eigenvalue weighted by Gasteiger charge is 2.49. The lowest BCUT2D eigenvalue weighted by Crippen LogP contribution is -2.74. The number of benzene rings is 2. The summed E-state index contributed by atoms with van der Waals surface area (Å²) in [6.07, 6.45) is 4.30. The molecule has 57 heavy (non-hydrogen) atoms. The molecule has 6 heterocycles. The van der Waals surface area contributed by atoms with Crippen molar-refractivity contribution in [1.29, 1.82) is 0 Å². The Morgan fingerprint density at radius 3 is 2.09 bits per heavy atom. The second-order valence-corrected chi connectivity index (χ2v) is 15.8. The van der Waals surface area contributed by atoms with Gasteiger partial charge in [0, 0.05) is 62.6 Å². The average Bonchev–Trinajstić information content (AvgIpc) is 3.69. The number of aromatic nitrogens is 1. The smallest absolute Gasteiger partial charge is 0.343 e. The number of hydrogen-bond donors (Lipinski definition) is 2. The summed E-state index contributed by atoms with van der Waals surface area (Å²) in [5, 5.41) is 16.3. The number of carboxylic acids is 1. The number of methoxy groups -OCH3 is 3. The molecular weight excluding hydrogens is 777 g/mol. The van der Waals surface area contributed by atoms with Crippen molar-refractivity contribution in [3.63, 3.8) is 0 Å². The van der Waals surface area contributed by atoms with Crippen LogP contribution in [0.3, 0.4) is 0 Å². The number of carboxylic acid groups (broad SMARTS) is 1.